The van der Waals surface area contributed by atoms with Crippen molar-refractivity contribution in [1.29, 1.82) is 0 Å². The SMILES string of the molecule is COC(=O)CC(C)Nc1ccc(C(F)(F)F)nn1. The molecule has 0 aliphatic heterocycles. The van der Waals surface area contributed by atoms with Gasteiger partial charge in [-0.25, -0.2) is 0 Å². The van der Waals surface area contributed by atoms with Gasteiger partial charge in [-0.1, -0.05) is 0 Å². The topological polar surface area (TPSA) is 64.1 Å². The molecule has 1 aromatic rings. The highest BCUT2D eigenvalue weighted by Crippen LogP contribution is 2.27. The van der Waals surface area contributed by atoms with Crippen LogP contribution >= 0.6 is 0 Å². The summed E-state index contributed by atoms with van der Waals surface area (Å²) in [7, 11) is 1.26. The van der Waals surface area contributed by atoms with Crippen molar-refractivity contribution in [2.24, 2.45) is 0 Å². The molecule has 0 aromatic carbocycles. The van der Waals surface area contributed by atoms with E-state index in [0.717, 1.165) is 12.1 Å². The van der Waals surface area contributed by atoms with Crippen LogP contribution in [0, 0.1) is 0 Å². The molecule has 0 saturated carbocycles. The summed E-state index contributed by atoms with van der Waals surface area (Å²) in [5, 5.41) is 9.18. The zero-order chi connectivity index (χ0) is 13.8. The van der Waals surface area contributed by atoms with Gasteiger partial charge in [0, 0.05) is 6.04 Å². The van der Waals surface area contributed by atoms with Gasteiger partial charge in [0.2, 0.25) is 0 Å². The number of hydrogen-bond acceptors (Lipinski definition) is 5. The lowest BCUT2D eigenvalue weighted by atomic mass is 10.2. The largest absolute Gasteiger partial charge is 0.469 e. The van der Waals surface area contributed by atoms with Crippen LogP contribution < -0.4 is 5.32 Å². The van der Waals surface area contributed by atoms with E-state index in [9.17, 15) is 18.0 Å². The number of carbonyl (C=O) groups is 1. The van der Waals surface area contributed by atoms with Crippen LogP contribution in [0.15, 0.2) is 12.1 Å². The van der Waals surface area contributed by atoms with Crippen LogP contribution in [0.4, 0.5) is 19.0 Å². The Morgan fingerprint density at radius 3 is 2.56 bits per heavy atom. The fourth-order valence-corrected chi connectivity index (χ4v) is 1.20. The third kappa shape index (κ3) is 4.19. The van der Waals surface area contributed by atoms with Crippen molar-refractivity contribution in [1.82, 2.24) is 10.2 Å². The molecule has 5 nitrogen and oxygen atoms in total. The van der Waals surface area contributed by atoms with E-state index in [1.54, 1.807) is 6.92 Å². The molecule has 1 N–H and O–H groups in total. The number of ether oxygens (including phenoxy) is 1. The van der Waals surface area contributed by atoms with Gasteiger partial charge in [0.25, 0.3) is 0 Å². The number of carbonyl (C=O) groups excluding carboxylic acids is 1. The molecule has 100 valence electrons. The maximum absolute atomic E-state index is 12.2. The highest BCUT2D eigenvalue weighted by molar-refractivity contribution is 5.70. The van der Waals surface area contributed by atoms with Gasteiger partial charge in [0.15, 0.2) is 5.69 Å². The van der Waals surface area contributed by atoms with Crippen LogP contribution in [-0.4, -0.2) is 29.3 Å². The molecule has 0 fully saturated rings. The summed E-state index contributed by atoms with van der Waals surface area (Å²) in [4.78, 5) is 11.0. The Balaban J connectivity index is 2.61. The molecule has 0 amide bonds. The smallest absolute Gasteiger partial charge is 0.435 e. The molecule has 8 heteroatoms. The Hall–Kier alpha value is -1.86. The Morgan fingerprint density at radius 1 is 1.44 bits per heavy atom. The second-order valence-electron chi connectivity index (χ2n) is 3.63. The number of esters is 1. The van der Waals surface area contributed by atoms with Crippen LogP contribution in [0.2, 0.25) is 0 Å². The first-order valence-corrected chi connectivity index (χ1v) is 5.07. The molecular formula is C10H12F3N3O2. The third-order valence-corrected chi connectivity index (χ3v) is 2.05. The highest BCUT2D eigenvalue weighted by Gasteiger charge is 2.32. The average molecular weight is 263 g/mol. The fraction of sp³-hybridized carbons (Fsp3) is 0.500. The second kappa shape index (κ2) is 5.65. The normalized spacial score (nSPS) is 12.9. The van der Waals surface area contributed by atoms with Crippen molar-refractivity contribution in [2.75, 3.05) is 12.4 Å². The molecule has 1 unspecified atom stereocenters. The molecule has 1 aromatic heterocycles. The minimum absolute atomic E-state index is 0.0825. The van der Waals surface area contributed by atoms with E-state index in [1.165, 1.54) is 7.11 Å². The van der Waals surface area contributed by atoms with Crippen molar-refractivity contribution in [2.45, 2.75) is 25.6 Å². The maximum atomic E-state index is 12.2. The number of anilines is 1. The monoisotopic (exact) mass is 263 g/mol. The predicted molar refractivity (Wildman–Crippen MR) is 56.8 cm³/mol. The maximum Gasteiger partial charge on any atom is 0.435 e. The lowest BCUT2D eigenvalue weighted by Gasteiger charge is -2.13. The van der Waals surface area contributed by atoms with Crippen molar-refractivity contribution in [3.05, 3.63) is 17.8 Å². The predicted octanol–water partition coefficient (Wildman–Crippen LogP) is 1.86. The highest BCUT2D eigenvalue weighted by atomic mass is 19.4. The summed E-state index contributed by atoms with van der Waals surface area (Å²) in [6, 6.07) is 1.66. The number of aromatic nitrogens is 2. The van der Waals surface area contributed by atoms with Crippen LogP contribution in [0.5, 0.6) is 0 Å². The Bertz CT molecular complexity index is 406. The molecular weight excluding hydrogens is 251 g/mol. The van der Waals surface area contributed by atoms with Gasteiger partial charge in [-0.3, -0.25) is 4.79 Å². The van der Waals surface area contributed by atoms with Crippen LogP contribution in [0.1, 0.15) is 19.0 Å². The van der Waals surface area contributed by atoms with E-state index >= 15 is 0 Å². The van der Waals surface area contributed by atoms with E-state index in [-0.39, 0.29) is 18.3 Å². The molecule has 0 bridgehead atoms. The number of alkyl halides is 3. The molecule has 0 spiro atoms. The molecule has 0 aliphatic rings. The molecule has 0 saturated heterocycles. The molecule has 1 atom stereocenters. The second-order valence-corrected chi connectivity index (χ2v) is 3.63. The summed E-state index contributed by atoms with van der Waals surface area (Å²) in [5.74, 6) is -0.255. The van der Waals surface area contributed by atoms with E-state index in [4.69, 9.17) is 0 Å². The van der Waals surface area contributed by atoms with Crippen molar-refractivity contribution in [3.63, 3.8) is 0 Å². The summed E-state index contributed by atoms with van der Waals surface area (Å²) >= 11 is 0. The first-order valence-electron chi connectivity index (χ1n) is 5.07. The van der Waals surface area contributed by atoms with Gasteiger partial charge in [-0.2, -0.15) is 13.2 Å². The summed E-state index contributed by atoms with van der Waals surface area (Å²) in [6.07, 6.45) is -4.43. The number of halogens is 3. The number of hydrogen-bond donors (Lipinski definition) is 1. The zero-order valence-electron chi connectivity index (χ0n) is 9.78. The molecule has 1 rings (SSSR count). The summed E-state index contributed by atoms with van der Waals surface area (Å²) in [5.41, 5.74) is -1.06. The summed E-state index contributed by atoms with van der Waals surface area (Å²) in [6.45, 7) is 1.68. The van der Waals surface area contributed by atoms with Crippen LogP contribution in [-0.2, 0) is 15.7 Å². The molecule has 18 heavy (non-hydrogen) atoms. The van der Waals surface area contributed by atoms with Gasteiger partial charge >= 0.3 is 12.1 Å². The van der Waals surface area contributed by atoms with E-state index in [0.29, 0.717) is 0 Å². The number of nitrogens with zero attached hydrogens (tertiary/aromatic N) is 2. The van der Waals surface area contributed by atoms with Crippen LogP contribution in [0.3, 0.4) is 0 Å². The Morgan fingerprint density at radius 2 is 2.11 bits per heavy atom. The van der Waals surface area contributed by atoms with Crippen molar-refractivity contribution < 1.29 is 22.7 Å². The van der Waals surface area contributed by atoms with Gasteiger partial charge in [-0.15, -0.1) is 10.2 Å². The molecule has 0 aliphatic carbocycles. The molecule has 0 radical (unpaired) electrons. The Kier molecular flexibility index (Phi) is 4.46. The van der Waals surface area contributed by atoms with Crippen molar-refractivity contribution in [3.8, 4) is 0 Å². The molecule has 1 heterocycles. The first-order chi connectivity index (χ1) is 8.32. The number of rotatable bonds is 4. The Labute approximate surface area is 101 Å². The van der Waals surface area contributed by atoms with Gasteiger partial charge in [0.1, 0.15) is 5.82 Å². The lowest BCUT2D eigenvalue weighted by Crippen LogP contribution is -2.21. The van der Waals surface area contributed by atoms with Gasteiger partial charge in [0.05, 0.1) is 13.5 Å². The van der Waals surface area contributed by atoms with Gasteiger partial charge in [-0.05, 0) is 19.1 Å². The van der Waals surface area contributed by atoms with E-state index in [1.807, 2.05) is 0 Å². The van der Waals surface area contributed by atoms with E-state index in [2.05, 4.69) is 20.3 Å². The average Bonchev–Trinajstić information content (AvgIpc) is 2.28. The zero-order valence-corrected chi connectivity index (χ0v) is 9.78. The van der Waals surface area contributed by atoms with Gasteiger partial charge < -0.3 is 10.1 Å². The third-order valence-electron chi connectivity index (χ3n) is 2.05. The lowest BCUT2D eigenvalue weighted by molar-refractivity contribution is -0.142. The van der Waals surface area contributed by atoms with Crippen LogP contribution in [0.25, 0.3) is 0 Å². The minimum atomic E-state index is -4.51. The fourth-order valence-electron chi connectivity index (χ4n) is 1.20. The number of methoxy groups -OCH3 is 1. The summed E-state index contributed by atoms with van der Waals surface area (Å²) < 4.78 is 41.1. The minimum Gasteiger partial charge on any atom is -0.469 e. The van der Waals surface area contributed by atoms with Crippen molar-refractivity contribution >= 4 is 11.8 Å². The van der Waals surface area contributed by atoms with E-state index < -0.39 is 17.8 Å². The number of nitrogens with one attached hydrogen (secondary N) is 1. The standard InChI is InChI=1S/C10H12F3N3O2/c1-6(5-9(17)18-2)14-8-4-3-7(15-16-8)10(11,12)13/h3-4,6H,5H2,1-2H3,(H,14,16). The quantitative estimate of drug-likeness (QED) is 0.840. The first kappa shape index (κ1) is 14.2.